The van der Waals surface area contributed by atoms with E-state index in [1.807, 2.05) is 48.5 Å². The van der Waals surface area contributed by atoms with Crippen LogP contribution in [-0.4, -0.2) is 26.8 Å². The Hall–Kier alpha value is -4.52. The lowest BCUT2D eigenvalue weighted by atomic mass is 9.99. The Morgan fingerprint density at radius 2 is 1.72 bits per heavy atom. The summed E-state index contributed by atoms with van der Waals surface area (Å²) in [6, 6.07) is 25.0. The number of halogens is 1. The van der Waals surface area contributed by atoms with Gasteiger partial charge in [0.15, 0.2) is 0 Å². The molecule has 5 aromatic rings. The number of aromatic nitrogens is 2. The maximum Gasteiger partial charge on any atom is 0.312 e. The number of carbonyl (C=O) groups excluding carboxylic acids is 1. The lowest BCUT2D eigenvalue weighted by Crippen LogP contribution is -2.12. The summed E-state index contributed by atoms with van der Waals surface area (Å²) in [5.74, 6) is -2.34. The van der Waals surface area contributed by atoms with E-state index in [0.29, 0.717) is 40.8 Å². The number of rotatable bonds is 7. The molecule has 1 heterocycles. The van der Waals surface area contributed by atoms with Gasteiger partial charge in [-0.2, -0.15) is 5.10 Å². The molecule has 0 saturated carbocycles. The van der Waals surface area contributed by atoms with E-state index >= 15 is 0 Å². The molecule has 0 aliphatic carbocycles. The van der Waals surface area contributed by atoms with E-state index in [-0.39, 0.29) is 5.91 Å². The zero-order chi connectivity index (χ0) is 25.2. The van der Waals surface area contributed by atoms with Gasteiger partial charge in [-0.15, -0.1) is 0 Å². The van der Waals surface area contributed by atoms with Gasteiger partial charge in [0, 0.05) is 16.6 Å². The number of benzene rings is 4. The normalized spacial score (nSPS) is 12.1. The van der Waals surface area contributed by atoms with E-state index in [0.717, 1.165) is 16.3 Å². The number of nitrogens with zero attached hydrogens (tertiary/aromatic N) is 2. The molecule has 0 saturated heterocycles. The van der Waals surface area contributed by atoms with Gasteiger partial charge >= 0.3 is 5.97 Å². The lowest BCUT2D eigenvalue weighted by Gasteiger charge is -2.09. The third-order valence-corrected chi connectivity index (χ3v) is 6.33. The fraction of sp³-hybridized carbons (Fsp3) is 0.138. The minimum absolute atomic E-state index is 0.203. The molecule has 0 spiro atoms. The van der Waals surface area contributed by atoms with E-state index in [1.165, 1.54) is 12.1 Å². The van der Waals surface area contributed by atoms with Gasteiger partial charge in [-0.1, -0.05) is 49.4 Å². The fourth-order valence-electron chi connectivity index (χ4n) is 4.44. The molecular formula is C29H24FN3O3. The summed E-state index contributed by atoms with van der Waals surface area (Å²) in [5.41, 5.74) is 3.06. The Morgan fingerprint density at radius 1 is 0.972 bits per heavy atom. The maximum atomic E-state index is 14.0. The zero-order valence-electron chi connectivity index (χ0n) is 19.6. The fourth-order valence-corrected chi connectivity index (χ4v) is 4.44. The number of fused-ring (bicyclic) bond motifs is 2. The Balaban J connectivity index is 1.37. The number of hydrogen-bond donors (Lipinski definition) is 2. The highest BCUT2D eigenvalue weighted by atomic mass is 19.1. The average molecular weight is 482 g/mol. The van der Waals surface area contributed by atoms with Crippen LogP contribution in [0, 0.1) is 5.82 Å². The molecule has 36 heavy (non-hydrogen) atoms. The molecule has 6 nitrogen and oxygen atoms in total. The van der Waals surface area contributed by atoms with Gasteiger partial charge in [-0.25, -0.2) is 4.39 Å². The lowest BCUT2D eigenvalue weighted by molar-refractivity contribution is -0.138. The molecule has 2 N–H and O–H groups in total. The van der Waals surface area contributed by atoms with Gasteiger partial charge in [-0.3, -0.25) is 14.3 Å². The highest BCUT2D eigenvalue weighted by Gasteiger charge is 2.24. The monoisotopic (exact) mass is 481 g/mol. The summed E-state index contributed by atoms with van der Waals surface area (Å²) >= 11 is 0. The van der Waals surface area contributed by atoms with Crippen LogP contribution < -0.4 is 5.32 Å². The summed E-state index contributed by atoms with van der Waals surface area (Å²) in [5, 5.41) is 19.8. The first-order chi connectivity index (χ1) is 17.4. The molecule has 5 rings (SSSR count). The quantitative estimate of drug-likeness (QED) is 0.290. The topological polar surface area (TPSA) is 84.2 Å². The number of hydrogen-bond acceptors (Lipinski definition) is 3. The number of aliphatic carboxylic acids is 1. The summed E-state index contributed by atoms with van der Waals surface area (Å²) in [6.45, 7) is 2.12. The van der Waals surface area contributed by atoms with Crippen molar-refractivity contribution in [2.45, 2.75) is 25.8 Å². The van der Waals surface area contributed by atoms with Gasteiger partial charge in [0.05, 0.1) is 17.8 Å². The van der Waals surface area contributed by atoms with Crippen molar-refractivity contribution in [3.8, 4) is 0 Å². The second kappa shape index (κ2) is 9.62. The predicted molar refractivity (Wildman–Crippen MR) is 138 cm³/mol. The van der Waals surface area contributed by atoms with Crippen molar-refractivity contribution >= 4 is 39.2 Å². The Morgan fingerprint density at radius 3 is 2.44 bits per heavy atom. The third-order valence-electron chi connectivity index (χ3n) is 6.33. The van der Waals surface area contributed by atoms with Crippen LogP contribution in [0.5, 0.6) is 0 Å². The molecule has 0 aliphatic heterocycles. The largest absolute Gasteiger partial charge is 0.481 e. The number of amides is 1. The van der Waals surface area contributed by atoms with Crippen LogP contribution in [-0.2, 0) is 11.3 Å². The summed E-state index contributed by atoms with van der Waals surface area (Å²) in [7, 11) is 0. The molecule has 0 bridgehead atoms. The Bertz CT molecular complexity index is 1590. The minimum atomic E-state index is -0.958. The number of carboxylic acids is 1. The van der Waals surface area contributed by atoms with E-state index in [2.05, 4.69) is 10.4 Å². The Labute approximate surface area is 207 Å². The van der Waals surface area contributed by atoms with Gasteiger partial charge in [0.2, 0.25) is 0 Å². The first kappa shape index (κ1) is 23.2. The van der Waals surface area contributed by atoms with Crippen LogP contribution in [0.3, 0.4) is 0 Å². The van der Waals surface area contributed by atoms with Crippen molar-refractivity contribution in [1.29, 1.82) is 0 Å². The number of carboxylic acid groups (broad SMARTS) is 1. The van der Waals surface area contributed by atoms with Gasteiger partial charge < -0.3 is 10.4 Å². The Kier molecular flexibility index (Phi) is 6.21. The van der Waals surface area contributed by atoms with Crippen LogP contribution in [0.1, 0.15) is 40.9 Å². The SMILES string of the molecule is CCC(C(=O)O)c1nn(Cc2ccc(NC(=O)c3ccc4ccccc4c3)cc2)c2cc(F)ccc12. The molecule has 4 aromatic carbocycles. The average Bonchev–Trinajstić information content (AvgIpc) is 3.21. The van der Waals surface area contributed by atoms with Crippen molar-refractivity contribution in [2.24, 2.45) is 0 Å². The first-order valence-electron chi connectivity index (χ1n) is 11.7. The molecule has 1 amide bonds. The molecular weight excluding hydrogens is 457 g/mol. The molecule has 1 atom stereocenters. The van der Waals surface area contributed by atoms with Crippen molar-refractivity contribution in [3.63, 3.8) is 0 Å². The molecule has 180 valence electrons. The summed E-state index contributed by atoms with van der Waals surface area (Å²) < 4.78 is 15.6. The highest BCUT2D eigenvalue weighted by molar-refractivity contribution is 6.06. The first-order valence-corrected chi connectivity index (χ1v) is 11.7. The van der Waals surface area contributed by atoms with Gasteiger partial charge in [0.25, 0.3) is 5.91 Å². The second-order valence-electron chi connectivity index (χ2n) is 8.72. The van der Waals surface area contributed by atoms with E-state index in [9.17, 15) is 19.1 Å². The van der Waals surface area contributed by atoms with Crippen LogP contribution in [0.15, 0.2) is 84.9 Å². The highest BCUT2D eigenvalue weighted by Crippen LogP contribution is 2.29. The molecule has 1 unspecified atom stereocenters. The number of carbonyl (C=O) groups is 2. The van der Waals surface area contributed by atoms with Crippen molar-refractivity contribution in [3.05, 3.63) is 108 Å². The molecule has 7 heteroatoms. The third kappa shape index (κ3) is 4.55. The predicted octanol–water partition coefficient (Wildman–Crippen LogP) is 6.21. The standard InChI is InChI=1S/C29H24FN3O3/c1-2-24(29(35)36)27-25-14-11-22(30)16-26(25)33(32-27)17-18-7-12-23(13-8-18)31-28(34)21-10-9-19-5-3-4-6-20(19)15-21/h3-16,24H,2,17H2,1H3,(H,31,34)(H,35,36). The zero-order valence-corrected chi connectivity index (χ0v) is 19.6. The molecule has 1 aromatic heterocycles. The maximum absolute atomic E-state index is 14.0. The molecule has 0 radical (unpaired) electrons. The van der Waals surface area contributed by atoms with Crippen LogP contribution in [0.25, 0.3) is 21.7 Å². The van der Waals surface area contributed by atoms with Crippen molar-refractivity contribution in [2.75, 3.05) is 5.32 Å². The van der Waals surface area contributed by atoms with Crippen molar-refractivity contribution < 1.29 is 19.1 Å². The summed E-state index contributed by atoms with van der Waals surface area (Å²) in [4.78, 5) is 24.5. The number of nitrogens with one attached hydrogen (secondary N) is 1. The van der Waals surface area contributed by atoms with Crippen LogP contribution >= 0.6 is 0 Å². The van der Waals surface area contributed by atoms with E-state index < -0.39 is 17.7 Å². The van der Waals surface area contributed by atoms with Crippen molar-refractivity contribution in [1.82, 2.24) is 9.78 Å². The minimum Gasteiger partial charge on any atom is -0.481 e. The van der Waals surface area contributed by atoms with E-state index in [1.54, 1.807) is 35.9 Å². The van der Waals surface area contributed by atoms with Gasteiger partial charge in [-0.05, 0) is 65.2 Å². The van der Waals surface area contributed by atoms with Crippen LogP contribution in [0.4, 0.5) is 10.1 Å². The molecule has 0 fully saturated rings. The second-order valence-corrected chi connectivity index (χ2v) is 8.72. The summed E-state index contributed by atoms with van der Waals surface area (Å²) in [6.07, 6.45) is 0.379. The number of anilines is 1. The smallest absolute Gasteiger partial charge is 0.312 e. The van der Waals surface area contributed by atoms with Crippen LogP contribution in [0.2, 0.25) is 0 Å². The van der Waals surface area contributed by atoms with Gasteiger partial charge in [0.1, 0.15) is 11.7 Å². The molecule has 0 aliphatic rings. The van der Waals surface area contributed by atoms with E-state index in [4.69, 9.17) is 0 Å².